The molecule has 1 amide bonds. The van der Waals surface area contributed by atoms with Crippen molar-refractivity contribution >= 4 is 17.2 Å². The molecule has 0 aliphatic carbocycles. The molecule has 0 N–H and O–H groups in total. The lowest BCUT2D eigenvalue weighted by atomic mass is 9.70. The van der Waals surface area contributed by atoms with E-state index in [4.69, 9.17) is 0 Å². The summed E-state index contributed by atoms with van der Waals surface area (Å²) in [6, 6.07) is 6.86. The van der Waals surface area contributed by atoms with Crippen molar-refractivity contribution in [2.75, 3.05) is 26.7 Å². The van der Waals surface area contributed by atoms with E-state index in [-0.39, 0.29) is 11.3 Å². The van der Waals surface area contributed by atoms with Gasteiger partial charge < -0.3 is 4.90 Å². The van der Waals surface area contributed by atoms with E-state index in [1.807, 2.05) is 29.5 Å². The lowest BCUT2D eigenvalue weighted by molar-refractivity contribution is -0.145. The van der Waals surface area contributed by atoms with Crippen LogP contribution in [0.2, 0.25) is 0 Å². The van der Waals surface area contributed by atoms with Crippen LogP contribution in [-0.4, -0.2) is 52.2 Å². The molecule has 2 aromatic heterocycles. The number of carbonyl (C=O) groups excluding carboxylic acids is 1. The predicted molar refractivity (Wildman–Crippen MR) is 109 cm³/mol. The molecule has 0 unspecified atom stereocenters. The number of likely N-dealkylation sites (tertiary alicyclic amines) is 2. The van der Waals surface area contributed by atoms with E-state index in [0.717, 1.165) is 39.0 Å². The van der Waals surface area contributed by atoms with Crippen LogP contribution >= 0.6 is 11.3 Å². The summed E-state index contributed by atoms with van der Waals surface area (Å²) in [6.07, 6.45) is 3.95. The molecule has 2 atom stereocenters. The van der Waals surface area contributed by atoms with Crippen LogP contribution in [0.25, 0.3) is 0 Å². The molecular weight excluding hydrogens is 356 g/mol. The van der Waals surface area contributed by atoms with E-state index in [1.54, 1.807) is 0 Å². The number of amides is 1. The molecule has 5 nitrogen and oxygen atoms in total. The van der Waals surface area contributed by atoms with Gasteiger partial charge in [0.1, 0.15) is 0 Å². The Morgan fingerprint density at radius 1 is 1.33 bits per heavy atom. The van der Waals surface area contributed by atoms with Gasteiger partial charge in [-0.25, -0.2) is 0 Å². The number of piperidine rings is 1. The summed E-state index contributed by atoms with van der Waals surface area (Å²) in [5.41, 5.74) is 0.907. The molecule has 6 heteroatoms. The molecule has 4 heterocycles. The standard InChI is InChI=1S/C21H30N4OS/c1-15(2)25-19(8-10-22-25)18-13-24(12-17-7-6-16(3)27-17)14-21(18)9-5-11-23(4)20(21)26/h6-8,10,15,18H,5,9,11-14H2,1-4H3/t18-,21+/m0/s1. The highest BCUT2D eigenvalue weighted by molar-refractivity contribution is 7.11. The lowest BCUT2D eigenvalue weighted by Crippen LogP contribution is -2.50. The second-order valence-corrected chi connectivity index (χ2v) is 9.89. The Kier molecular flexibility index (Phi) is 4.89. The number of hydrogen-bond donors (Lipinski definition) is 0. The molecule has 2 fully saturated rings. The molecule has 0 bridgehead atoms. The molecule has 1 spiro atoms. The van der Waals surface area contributed by atoms with Crippen molar-refractivity contribution < 1.29 is 4.79 Å². The summed E-state index contributed by atoms with van der Waals surface area (Å²) in [5, 5.41) is 4.57. The van der Waals surface area contributed by atoms with Gasteiger partial charge in [0, 0.05) is 66.8 Å². The topological polar surface area (TPSA) is 41.4 Å². The van der Waals surface area contributed by atoms with Crippen molar-refractivity contribution in [3.05, 3.63) is 39.8 Å². The van der Waals surface area contributed by atoms with Gasteiger partial charge in [-0.1, -0.05) is 0 Å². The van der Waals surface area contributed by atoms with Crippen LogP contribution in [0.3, 0.4) is 0 Å². The Morgan fingerprint density at radius 2 is 2.15 bits per heavy atom. The Labute approximate surface area is 166 Å². The molecule has 2 aliphatic heterocycles. The quantitative estimate of drug-likeness (QED) is 0.805. The predicted octanol–water partition coefficient (Wildman–Crippen LogP) is 3.67. The van der Waals surface area contributed by atoms with E-state index < -0.39 is 0 Å². The first-order chi connectivity index (χ1) is 12.9. The second kappa shape index (κ2) is 7.06. The number of nitrogens with zero attached hydrogens (tertiary/aromatic N) is 4. The molecule has 0 saturated carbocycles. The van der Waals surface area contributed by atoms with E-state index in [1.165, 1.54) is 15.4 Å². The summed E-state index contributed by atoms with van der Waals surface area (Å²) in [7, 11) is 1.96. The van der Waals surface area contributed by atoms with E-state index in [2.05, 4.69) is 53.7 Å². The van der Waals surface area contributed by atoms with Crippen LogP contribution < -0.4 is 0 Å². The summed E-state index contributed by atoms with van der Waals surface area (Å²) < 4.78 is 2.12. The summed E-state index contributed by atoms with van der Waals surface area (Å²) in [5.74, 6) is 0.527. The van der Waals surface area contributed by atoms with Crippen molar-refractivity contribution in [2.45, 2.75) is 52.1 Å². The SMILES string of the molecule is Cc1ccc(CN2C[C@@H](c3ccnn3C(C)C)[C@@]3(CCCN(C)C3=O)C2)s1. The van der Waals surface area contributed by atoms with Gasteiger partial charge in [-0.15, -0.1) is 11.3 Å². The summed E-state index contributed by atoms with van der Waals surface area (Å²) in [4.78, 5) is 20.6. The van der Waals surface area contributed by atoms with Gasteiger partial charge in [0.05, 0.1) is 5.41 Å². The highest BCUT2D eigenvalue weighted by atomic mass is 32.1. The summed E-state index contributed by atoms with van der Waals surface area (Å²) in [6.45, 7) is 10.1. The summed E-state index contributed by atoms with van der Waals surface area (Å²) >= 11 is 1.86. The zero-order valence-corrected chi connectivity index (χ0v) is 17.6. The minimum Gasteiger partial charge on any atom is -0.345 e. The van der Waals surface area contributed by atoms with Crippen molar-refractivity contribution in [3.8, 4) is 0 Å². The minimum absolute atomic E-state index is 0.207. The fourth-order valence-electron chi connectivity index (χ4n) is 5.02. The highest BCUT2D eigenvalue weighted by Crippen LogP contribution is 2.49. The van der Waals surface area contributed by atoms with Crippen molar-refractivity contribution in [2.24, 2.45) is 5.41 Å². The Balaban J connectivity index is 1.69. The van der Waals surface area contributed by atoms with Gasteiger partial charge in [0.15, 0.2) is 0 Å². The molecule has 146 valence electrons. The zero-order valence-electron chi connectivity index (χ0n) is 16.8. The number of thiophene rings is 1. The average molecular weight is 387 g/mol. The maximum Gasteiger partial charge on any atom is 0.230 e. The van der Waals surface area contributed by atoms with Crippen molar-refractivity contribution in [3.63, 3.8) is 0 Å². The third-order valence-electron chi connectivity index (χ3n) is 6.23. The van der Waals surface area contributed by atoms with Gasteiger partial charge in [-0.2, -0.15) is 5.10 Å². The fourth-order valence-corrected chi connectivity index (χ4v) is 5.95. The first kappa shape index (κ1) is 18.7. The first-order valence-electron chi connectivity index (χ1n) is 9.97. The number of rotatable bonds is 4. The Hall–Kier alpha value is -1.66. The molecule has 27 heavy (non-hydrogen) atoms. The van der Waals surface area contributed by atoms with E-state index in [0.29, 0.717) is 11.9 Å². The maximum atomic E-state index is 13.4. The van der Waals surface area contributed by atoms with Crippen molar-refractivity contribution in [1.82, 2.24) is 19.6 Å². The Morgan fingerprint density at radius 3 is 2.85 bits per heavy atom. The monoisotopic (exact) mass is 386 g/mol. The third kappa shape index (κ3) is 3.23. The van der Waals surface area contributed by atoms with Gasteiger partial charge >= 0.3 is 0 Å². The zero-order chi connectivity index (χ0) is 19.2. The van der Waals surface area contributed by atoms with Gasteiger partial charge in [0.25, 0.3) is 0 Å². The first-order valence-corrected chi connectivity index (χ1v) is 10.8. The van der Waals surface area contributed by atoms with Crippen LogP contribution in [0.15, 0.2) is 24.4 Å². The molecule has 2 saturated heterocycles. The lowest BCUT2D eigenvalue weighted by Gasteiger charge is -2.41. The smallest absolute Gasteiger partial charge is 0.230 e. The normalized spacial score (nSPS) is 26.6. The number of carbonyl (C=O) groups is 1. The molecule has 0 radical (unpaired) electrons. The van der Waals surface area contributed by atoms with Gasteiger partial charge in [-0.05, 0) is 51.8 Å². The van der Waals surface area contributed by atoms with Crippen LogP contribution in [-0.2, 0) is 11.3 Å². The van der Waals surface area contributed by atoms with Crippen LogP contribution in [0.1, 0.15) is 54.1 Å². The molecule has 2 aromatic rings. The minimum atomic E-state index is -0.314. The average Bonchev–Trinajstić information content (AvgIpc) is 3.32. The molecule has 4 rings (SSSR count). The molecular formula is C21H30N4OS. The third-order valence-corrected chi connectivity index (χ3v) is 7.21. The maximum absolute atomic E-state index is 13.4. The van der Waals surface area contributed by atoms with Crippen LogP contribution in [0.4, 0.5) is 0 Å². The van der Waals surface area contributed by atoms with Gasteiger partial charge in [0.2, 0.25) is 5.91 Å². The largest absolute Gasteiger partial charge is 0.345 e. The number of aromatic nitrogens is 2. The van der Waals surface area contributed by atoms with Crippen molar-refractivity contribution in [1.29, 1.82) is 0 Å². The number of aryl methyl sites for hydroxylation is 1. The van der Waals surface area contributed by atoms with Gasteiger partial charge in [-0.3, -0.25) is 14.4 Å². The van der Waals surface area contributed by atoms with Crippen LogP contribution in [0.5, 0.6) is 0 Å². The number of hydrogen-bond acceptors (Lipinski definition) is 4. The second-order valence-electron chi connectivity index (χ2n) is 8.52. The van der Waals surface area contributed by atoms with E-state index >= 15 is 0 Å². The highest BCUT2D eigenvalue weighted by Gasteiger charge is 2.55. The molecule has 0 aromatic carbocycles. The molecule has 2 aliphatic rings. The van der Waals surface area contributed by atoms with Crippen LogP contribution in [0, 0.1) is 12.3 Å². The Bertz CT molecular complexity index is 826. The van der Waals surface area contributed by atoms with E-state index in [9.17, 15) is 4.79 Å². The fraction of sp³-hybridized carbons (Fsp3) is 0.619.